The second kappa shape index (κ2) is 5.74. The van der Waals surface area contributed by atoms with E-state index in [9.17, 15) is 4.79 Å². The van der Waals surface area contributed by atoms with Crippen LogP contribution in [0, 0.1) is 17.2 Å². The van der Waals surface area contributed by atoms with E-state index in [4.69, 9.17) is 10.00 Å². The molecule has 1 aromatic carbocycles. The maximum Gasteiger partial charge on any atom is 0.224 e. The predicted molar refractivity (Wildman–Crippen MR) is 77.6 cm³/mol. The summed E-state index contributed by atoms with van der Waals surface area (Å²) in [6, 6.07) is 8.12. The van der Waals surface area contributed by atoms with Gasteiger partial charge in [0.05, 0.1) is 18.6 Å². The van der Waals surface area contributed by atoms with Crippen LogP contribution in [0.2, 0.25) is 0 Å². The molecule has 0 aromatic heterocycles. The van der Waals surface area contributed by atoms with Crippen LogP contribution in [0.15, 0.2) is 18.2 Å². The van der Waals surface area contributed by atoms with E-state index in [1.807, 2.05) is 12.1 Å². The molecule has 21 heavy (non-hydrogen) atoms. The number of benzene rings is 1. The Bertz CT molecular complexity index is 594. The molecule has 1 N–H and O–H groups in total. The first-order chi connectivity index (χ1) is 10.2. The number of carbonyl (C=O) groups is 1. The number of fused-ring (bicyclic) bond motifs is 1. The van der Waals surface area contributed by atoms with Crippen LogP contribution >= 0.6 is 0 Å². The Balaban J connectivity index is 1.77. The van der Waals surface area contributed by atoms with Gasteiger partial charge in [0.2, 0.25) is 5.91 Å². The van der Waals surface area contributed by atoms with Crippen LogP contribution in [0.25, 0.3) is 0 Å². The first kappa shape index (κ1) is 13.9. The average Bonchev–Trinajstić information content (AvgIpc) is 2.90. The van der Waals surface area contributed by atoms with Gasteiger partial charge in [0, 0.05) is 19.1 Å². The van der Waals surface area contributed by atoms with E-state index in [1.54, 1.807) is 13.2 Å². The van der Waals surface area contributed by atoms with Crippen LogP contribution < -0.4 is 10.1 Å². The molecule has 0 saturated carbocycles. The predicted octanol–water partition coefficient (Wildman–Crippen LogP) is 1.28. The molecular formula is C16H19N3O2. The third-order valence-electron chi connectivity index (χ3n) is 4.49. The van der Waals surface area contributed by atoms with Crippen molar-refractivity contribution in [3.05, 3.63) is 29.3 Å². The largest absolute Gasteiger partial charge is 0.495 e. The van der Waals surface area contributed by atoms with Crippen LogP contribution in [0.5, 0.6) is 5.75 Å². The Morgan fingerprint density at radius 1 is 1.52 bits per heavy atom. The quantitative estimate of drug-likeness (QED) is 0.908. The number of piperidine rings is 1. The molecule has 2 aliphatic heterocycles. The Labute approximate surface area is 124 Å². The third-order valence-corrected chi connectivity index (χ3v) is 4.49. The topological polar surface area (TPSA) is 65.4 Å². The minimum absolute atomic E-state index is 0.138. The number of nitrogens with zero attached hydrogens (tertiary/aromatic N) is 2. The number of amides is 1. The molecule has 0 radical (unpaired) electrons. The van der Waals surface area contributed by atoms with E-state index in [2.05, 4.69) is 16.3 Å². The maximum atomic E-state index is 11.8. The van der Waals surface area contributed by atoms with Gasteiger partial charge in [-0.2, -0.15) is 5.26 Å². The lowest BCUT2D eigenvalue weighted by Crippen LogP contribution is -2.44. The van der Waals surface area contributed by atoms with Crippen molar-refractivity contribution in [1.82, 2.24) is 10.2 Å². The van der Waals surface area contributed by atoms with Crippen molar-refractivity contribution >= 4 is 5.91 Å². The molecule has 0 aliphatic carbocycles. The summed E-state index contributed by atoms with van der Waals surface area (Å²) in [5, 5.41) is 12.0. The van der Waals surface area contributed by atoms with Crippen molar-refractivity contribution in [1.29, 1.82) is 5.26 Å². The Morgan fingerprint density at radius 2 is 2.38 bits per heavy atom. The van der Waals surface area contributed by atoms with Gasteiger partial charge < -0.3 is 10.1 Å². The van der Waals surface area contributed by atoms with Gasteiger partial charge in [0.25, 0.3) is 0 Å². The molecule has 110 valence electrons. The molecule has 1 aromatic rings. The number of carbonyl (C=O) groups excluding carboxylic acids is 1. The SMILES string of the molecule is COc1cc(CN2CCCC3C(=O)NCC32)ccc1C#N. The van der Waals surface area contributed by atoms with Crippen molar-refractivity contribution in [3.63, 3.8) is 0 Å². The number of methoxy groups -OCH3 is 1. The van der Waals surface area contributed by atoms with Crippen molar-refractivity contribution in [2.24, 2.45) is 5.92 Å². The molecule has 2 unspecified atom stereocenters. The van der Waals surface area contributed by atoms with Gasteiger partial charge >= 0.3 is 0 Å². The summed E-state index contributed by atoms with van der Waals surface area (Å²) in [6.07, 6.45) is 2.05. The van der Waals surface area contributed by atoms with Gasteiger partial charge in [-0.15, -0.1) is 0 Å². The fraction of sp³-hybridized carbons (Fsp3) is 0.500. The Kier molecular flexibility index (Phi) is 3.80. The highest BCUT2D eigenvalue weighted by Crippen LogP contribution is 2.29. The summed E-state index contributed by atoms with van der Waals surface area (Å²) in [5.41, 5.74) is 1.67. The number of likely N-dealkylation sites (tertiary alicyclic amines) is 1. The lowest BCUT2D eigenvalue weighted by atomic mass is 9.91. The molecule has 5 heteroatoms. The highest BCUT2D eigenvalue weighted by atomic mass is 16.5. The first-order valence-corrected chi connectivity index (χ1v) is 7.31. The monoisotopic (exact) mass is 285 g/mol. The van der Waals surface area contributed by atoms with Gasteiger partial charge in [0.1, 0.15) is 11.8 Å². The highest BCUT2D eigenvalue weighted by Gasteiger charge is 2.40. The molecule has 2 saturated heterocycles. The van der Waals surface area contributed by atoms with E-state index in [1.165, 1.54) is 0 Å². The van der Waals surface area contributed by atoms with E-state index >= 15 is 0 Å². The zero-order chi connectivity index (χ0) is 14.8. The van der Waals surface area contributed by atoms with Crippen LogP contribution in [0.1, 0.15) is 24.0 Å². The van der Waals surface area contributed by atoms with Crippen LogP contribution in [-0.4, -0.2) is 37.0 Å². The molecule has 2 heterocycles. The molecule has 2 fully saturated rings. The van der Waals surface area contributed by atoms with E-state index in [0.29, 0.717) is 17.4 Å². The molecule has 5 nitrogen and oxygen atoms in total. The number of ether oxygens (including phenoxy) is 1. The van der Waals surface area contributed by atoms with Crippen LogP contribution in [-0.2, 0) is 11.3 Å². The molecule has 0 bridgehead atoms. The van der Waals surface area contributed by atoms with Gasteiger partial charge in [-0.25, -0.2) is 0 Å². The lowest BCUT2D eigenvalue weighted by Gasteiger charge is -2.35. The number of hydrogen-bond acceptors (Lipinski definition) is 4. The number of nitriles is 1. The molecule has 2 aliphatic rings. The number of hydrogen-bond donors (Lipinski definition) is 1. The second-order valence-electron chi connectivity index (χ2n) is 5.68. The highest BCUT2D eigenvalue weighted by molar-refractivity contribution is 5.82. The van der Waals surface area contributed by atoms with Crippen molar-refractivity contribution in [2.75, 3.05) is 20.2 Å². The lowest BCUT2D eigenvalue weighted by molar-refractivity contribution is -0.124. The Hall–Kier alpha value is -2.06. The second-order valence-corrected chi connectivity index (χ2v) is 5.68. The summed E-state index contributed by atoms with van der Waals surface area (Å²) >= 11 is 0. The van der Waals surface area contributed by atoms with Crippen molar-refractivity contribution in [2.45, 2.75) is 25.4 Å². The van der Waals surface area contributed by atoms with Gasteiger partial charge in [-0.1, -0.05) is 6.07 Å². The molecule has 2 atom stereocenters. The average molecular weight is 285 g/mol. The van der Waals surface area contributed by atoms with Crippen molar-refractivity contribution < 1.29 is 9.53 Å². The van der Waals surface area contributed by atoms with E-state index in [0.717, 1.165) is 38.0 Å². The normalized spacial score (nSPS) is 25.0. The van der Waals surface area contributed by atoms with E-state index < -0.39 is 0 Å². The first-order valence-electron chi connectivity index (χ1n) is 7.31. The number of nitrogens with one attached hydrogen (secondary N) is 1. The minimum Gasteiger partial charge on any atom is -0.495 e. The standard InChI is InChI=1S/C16H19N3O2/c1-21-15-7-11(4-5-12(15)8-17)10-19-6-2-3-13-14(19)9-18-16(13)20/h4-5,7,13-14H,2-3,6,9-10H2,1H3,(H,18,20). The number of rotatable bonds is 3. The molecular weight excluding hydrogens is 266 g/mol. The van der Waals surface area contributed by atoms with Gasteiger partial charge in [-0.05, 0) is 37.1 Å². The fourth-order valence-corrected chi connectivity index (χ4v) is 3.40. The van der Waals surface area contributed by atoms with Crippen LogP contribution in [0.4, 0.5) is 0 Å². The van der Waals surface area contributed by atoms with Gasteiger partial charge in [-0.3, -0.25) is 9.69 Å². The van der Waals surface area contributed by atoms with E-state index in [-0.39, 0.29) is 11.8 Å². The summed E-state index contributed by atoms with van der Waals surface area (Å²) < 4.78 is 5.26. The van der Waals surface area contributed by atoms with Crippen LogP contribution in [0.3, 0.4) is 0 Å². The third kappa shape index (κ3) is 2.59. The Morgan fingerprint density at radius 3 is 3.14 bits per heavy atom. The summed E-state index contributed by atoms with van der Waals surface area (Å²) in [7, 11) is 1.58. The maximum absolute atomic E-state index is 11.8. The zero-order valence-corrected chi connectivity index (χ0v) is 12.1. The summed E-state index contributed by atoms with van der Waals surface area (Å²) in [6.45, 7) is 2.55. The molecule has 1 amide bonds. The fourth-order valence-electron chi connectivity index (χ4n) is 3.40. The minimum atomic E-state index is 0.138. The molecule has 3 rings (SSSR count). The summed E-state index contributed by atoms with van der Waals surface area (Å²) in [5.74, 6) is 0.949. The van der Waals surface area contributed by atoms with Gasteiger partial charge in [0.15, 0.2) is 0 Å². The molecule has 0 spiro atoms. The van der Waals surface area contributed by atoms with Crippen molar-refractivity contribution in [3.8, 4) is 11.8 Å². The summed E-state index contributed by atoms with van der Waals surface area (Å²) in [4.78, 5) is 14.2. The smallest absolute Gasteiger partial charge is 0.224 e. The zero-order valence-electron chi connectivity index (χ0n) is 12.1.